The number of nitrogen functional groups attached to an aromatic ring is 1. The molecule has 72 valence electrons. The molecule has 1 heterocycles. The molecule has 0 bridgehead atoms. The van der Waals surface area contributed by atoms with Crippen LogP contribution < -0.4 is 5.73 Å². The lowest BCUT2D eigenvalue weighted by molar-refractivity contribution is -0.384. The van der Waals surface area contributed by atoms with Crippen LogP contribution >= 0.6 is 22.9 Å². The zero-order valence-corrected chi connectivity index (χ0v) is 8.30. The summed E-state index contributed by atoms with van der Waals surface area (Å²) < 4.78 is 0.748. The highest BCUT2D eigenvalue weighted by Crippen LogP contribution is 2.33. The lowest BCUT2D eigenvalue weighted by atomic mass is 10.3. The molecule has 0 radical (unpaired) electrons. The van der Waals surface area contributed by atoms with E-state index in [1.807, 2.05) is 0 Å². The summed E-state index contributed by atoms with van der Waals surface area (Å²) in [5.74, 6) is 0. The van der Waals surface area contributed by atoms with Gasteiger partial charge in [-0.1, -0.05) is 22.9 Å². The molecule has 0 saturated heterocycles. The van der Waals surface area contributed by atoms with E-state index in [4.69, 9.17) is 17.3 Å². The second kappa shape index (κ2) is 3.07. The number of hydrogen-bond donors (Lipinski definition) is 1. The highest BCUT2D eigenvalue weighted by Gasteiger charge is 2.15. The molecule has 0 saturated carbocycles. The number of nitro groups is 1. The van der Waals surface area contributed by atoms with Gasteiger partial charge in [-0.15, -0.1) is 0 Å². The van der Waals surface area contributed by atoms with Crippen molar-refractivity contribution in [3.05, 3.63) is 27.3 Å². The van der Waals surface area contributed by atoms with Gasteiger partial charge in [-0.05, 0) is 6.07 Å². The maximum atomic E-state index is 10.5. The number of benzene rings is 1. The number of fused-ring (bicyclic) bond motifs is 1. The van der Waals surface area contributed by atoms with Crippen LogP contribution in [0.5, 0.6) is 0 Å². The fourth-order valence-corrected chi connectivity index (χ4v) is 2.15. The van der Waals surface area contributed by atoms with Crippen molar-refractivity contribution in [2.75, 3.05) is 5.73 Å². The van der Waals surface area contributed by atoms with Crippen molar-refractivity contribution in [1.29, 1.82) is 0 Å². The Morgan fingerprint density at radius 3 is 2.93 bits per heavy atom. The average molecular weight is 230 g/mol. The first-order valence-electron chi connectivity index (χ1n) is 3.58. The van der Waals surface area contributed by atoms with E-state index in [0.29, 0.717) is 10.6 Å². The van der Waals surface area contributed by atoms with Crippen molar-refractivity contribution in [1.82, 2.24) is 4.98 Å². The van der Waals surface area contributed by atoms with Crippen LogP contribution in [0.15, 0.2) is 12.1 Å². The molecular weight excluding hydrogens is 226 g/mol. The Labute approximate surface area is 87.3 Å². The Balaban J connectivity index is 2.76. The third kappa shape index (κ3) is 1.38. The van der Waals surface area contributed by atoms with E-state index in [1.165, 1.54) is 23.5 Å². The van der Waals surface area contributed by atoms with Gasteiger partial charge in [0.25, 0.3) is 5.69 Å². The van der Waals surface area contributed by atoms with Crippen LogP contribution in [0.4, 0.5) is 10.8 Å². The summed E-state index contributed by atoms with van der Waals surface area (Å²) in [4.78, 5) is 13.9. The monoisotopic (exact) mass is 229 g/mol. The van der Waals surface area contributed by atoms with E-state index >= 15 is 0 Å². The minimum Gasteiger partial charge on any atom is -0.375 e. The Morgan fingerprint density at radius 2 is 2.29 bits per heavy atom. The summed E-state index contributed by atoms with van der Waals surface area (Å²) >= 11 is 6.95. The van der Waals surface area contributed by atoms with Gasteiger partial charge in [0.05, 0.1) is 15.1 Å². The van der Waals surface area contributed by atoms with Gasteiger partial charge in [-0.2, -0.15) is 0 Å². The number of hydrogen-bond acceptors (Lipinski definition) is 5. The summed E-state index contributed by atoms with van der Waals surface area (Å²) in [5.41, 5.74) is 5.82. The van der Waals surface area contributed by atoms with Crippen LogP contribution in [0.2, 0.25) is 5.02 Å². The topological polar surface area (TPSA) is 82.0 Å². The molecule has 14 heavy (non-hydrogen) atoms. The Morgan fingerprint density at radius 1 is 1.57 bits per heavy atom. The molecule has 2 rings (SSSR count). The van der Waals surface area contributed by atoms with Crippen molar-refractivity contribution >= 4 is 44.0 Å². The molecule has 0 atom stereocenters. The molecule has 0 unspecified atom stereocenters. The average Bonchev–Trinajstić information content (AvgIpc) is 2.42. The van der Waals surface area contributed by atoms with Crippen LogP contribution in [0, 0.1) is 10.1 Å². The van der Waals surface area contributed by atoms with Crippen molar-refractivity contribution in [3.63, 3.8) is 0 Å². The zero-order valence-electron chi connectivity index (χ0n) is 6.73. The maximum absolute atomic E-state index is 10.5. The smallest absolute Gasteiger partial charge is 0.290 e. The first-order chi connectivity index (χ1) is 6.58. The molecular formula is C7H4ClN3O2S. The van der Waals surface area contributed by atoms with E-state index in [-0.39, 0.29) is 10.7 Å². The van der Waals surface area contributed by atoms with Crippen molar-refractivity contribution in [2.24, 2.45) is 0 Å². The van der Waals surface area contributed by atoms with E-state index in [2.05, 4.69) is 4.98 Å². The fraction of sp³-hybridized carbons (Fsp3) is 0. The molecule has 7 heteroatoms. The van der Waals surface area contributed by atoms with Crippen LogP contribution in [0.1, 0.15) is 0 Å². The minimum atomic E-state index is -0.544. The molecule has 1 aromatic heterocycles. The molecule has 0 aliphatic heterocycles. The first kappa shape index (κ1) is 9.17. The number of halogens is 1. The number of thiazole rings is 1. The van der Waals surface area contributed by atoms with Crippen molar-refractivity contribution in [2.45, 2.75) is 0 Å². The van der Waals surface area contributed by atoms with Gasteiger partial charge in [0, 0.05) is 6.07 Å². The zero-order chi connectivity index (χ0) is 10.3. The minimum absolute atomic E-state index is 0.103. The summed E-state index contributed by atoms with van der Waals surface area (Å²) in [6, 6.07) is 2.83. The molecule has 0 fully saturated rings. The summed E-state index contributed by atoms with van der Waals surface area (Å²) in [6.07, 6.45) is 0. The quantitative estimate of drug-likeness (QED) is 0.601. The molecule has 2 N–H and O–H groups in total. The molecule has 0 amide bonds. The van der Waals surface area contributed by atoms with Gasteiger partial charge in [-0.25, -0.2) is 4.98 Å². The SMILES string of the molecule is Nc1nc2cc([N+](=O)[O-])c(Cl)cc2s1. The number of nitrogens with zero attached hydrogens (tertiary/aromatic N) is 2. The van der Waals surface area contributed by atoms with Gasteiger partial charge in [0.2, 0.25) is 0 Å². The van der Waals surface area contributed by atoms with E-state index in [0.717, 1.165) is 4.70 Å². The predicted octanol–water partition coefficient (Wildman–Crippen LogP) is 2.44. The normalized spacial score (nSPS) is 10.6. The maximum Gasteiger partial charge on any atom is 0.290 e. The molecule has 2 aromatic rings. The van der Waals surface area contributed by atoms with E-state index < -0.39 is 4.92 Å². The lowest BCUT2D eigenvalue weighted by Crippen LogP contribution is -1.88. The van der Waals surface area contributed by atoms with Crippen molar-refractivity contribution in [3.8, 4) is 0 Å². The first-order valence-corrected chi connectivity index (χ1v) is 4.77. The molecule has 0 aliphatic rings. The van der Waals surface area contributed by atoms with E-state index in [1.54, 1.807) is 0 Å². The standard InChI is InChI=1S/C7H4ClN3O2S/c8-3-1-6-4(10-7(9)14-6)2-5(3)11(12)13/h1-2H,(H2,9,10). The van der Waals surface area contributed by atoms with Gasteiger partial charge >= 0.3 is 0 Å². The number of nitro benzene ring substituents is 1. The molecule has 5 nitrogen and oxygen atoms in total. The molecule has 0 spiro atoms. The van der Waals surface area contributed by atoms with Crippen LogP contribution in [-0.2, 0) is 0 Å². The Bertz CT molecular complexity index is 525. The van der Waals surface area contributed by atoms with Gasteiger partial charge < -0.3 is 5.73 Å². The summed E-state index contributed by atoms with van der Waals surface area (Å²) in [7, 11) is 0. The highest BCUT2D eigenvalue weighted by molar-refractivity contribution is 7.22. The largest absolute Gasteiger partial charge is 0.375 e. The number of nitrogens with two attached hydrogens (primary N) is 1. The number of aromatic nitrogens is 1. The lowest BCUT2D eigenvalue weighted by Gasteiger charge is -1.93. The van der Waals surface area contributed by atoms with E-state index in [9.17, 15) is 10.1 Å². The predicted molar refractivity (Wildman–Crippen MR) is 55.7 cm³/mol. The van der Waals surface area contributed by atoms with Gasteiger partial charge in [0.15, 0.2) is 5.13 Å². The number of anilines is 1. The fourth-order valence-electron chi connectivity index (χ4n) is 1.10. The number of rotatable bonds is 1. The van der Waals surface area contributed by atoms with Crippen LogP contribution in [0.3, 0.4) is 0 Å². The summed E-state index contributed by atoms with van der Waals surface area (Å²) in [5, 5.41) is 11.0. The second-order valence-corrected chi connectivity index (χ2v) is 4.05. The second-order valence-electron chi connectivity index (χ2n) is 2.58. The van der Waals surface area contributed by atoms with Gasteiger partial charge in [0.1, 0.15) is 5.02 Å². The Kier molecular flexibility index (Phi) is 2.01. The molecule has 0 aliphatic carbocycles. The Hall–Kier alpha value is -1.40. The third-order valence-corrected chi connectivity index (χ3v) is 2.82. The van der Waals surface area contributed by atoms with Crippen LogP contribution in [0.25, 0.3) is 10.2 Å². The van der Waals surface area contributed by atoms with Crippen molar-refractivity contribution < 1.29 is 4.92 Å². The third-order valence-electron chi connectivity index (χ3n) is 1.67. The van der Waals surface area contributed by atoms with Crippen LogP contribution in [-0.4, -0.2) is 9.91 Å². The molecule has 1 aromatic carbocycles. The van der Waals surface area contributed by atoms with Gasteiger partial charge in [-0.3, -0.25) is 10.1 Å². The summed E-state index contributed by atoms with van der Waals surface area (Å²) in [6.45, 7) is 0. The highest BCUT2D eigenvalue weighted by atomic mass is 35.5.